The van der Waals surface area contributed by atoms with E-state index in [0.717, 1.165) is 0 Å². The fourth-order valence-corrected chi connectivity index (χ4v) is 3.31. The van der Waals surface area contributed by atoms with Crippen molar-refractivity contribution in [3.05, 3.63) is 76.4 Å². The minimum absolute atomic E-state index is 0.0367. The molecular formula is C20H15FO4. The molecule has 2 aromatic carbocycles. The van der Waals surface area contributed by atoms with Crippen LogP contribution in [0.25, 0.3) is 21.7 Å². The third-order valence-corrected chi connectivity index (χ3v) is 4.48. The van der Waals surface area contributed by atoms with Gasteiger partial charge < -0.3 is 14.3 Å². The number of allylic oxidation sites excluding steroid dienone is 4. The minimum Gasteiger partial charge on any atom is -0.512 e. The van der Waals surface area contributed by atoms with E-state index in [1.165, 1.54) is 25.3 Å². The molecule has 0 bridgehead atoms. The van der Waals surface area contributed by atoms with Crippen LogP contribution in [0.1, 0.15) is 12.0 Å². The first-order valence-electron chi connectivity index (χ1n) is 7.82. The number of hydrogen-bond donors (Lipinski definition) is 1. The second-order valence-corrected chi connectivity index (χ2v) is 6.04. The Kier molecular flexibility index (Phi) is 3.39. The molecule has 1 aliphatic carbocycles. The first-order chi connectivity index (χ1) is 12.0. The maximum Gasteiger partial charge on any atom is 0.344 e. The number of benzene rings is 2. The molecule has 1 atom stereocenters. The van der Waals surface area contributed by atoms with Crippen molar-refractivity contribution in [1.82, 2.24) is 0 Å². The SMILES string of the molecule is COc1ccc2c(c1)c(=O)oc1cccc(C3(F)C=CC=C(O)C3)c12. The van der Waals surface area contributed by atoms with Gasteiger partial charge in [-0.2, -0.15) is 0 Å². The normalized spacial score (nSPS) is 20.0. The highest BCUT2D eigenvalue weighted by Crippen LogP contribution is 2.41. The van der Waals surface area contributed by atoms with Crippen molar-refractivity contribution >= 4 is 21.7 Å². The van der Waals surface area contributed by atoms with Gasteiger partial charge in [-0.15, -0.1) is 0 Å². The Labute approximate surface area is 142 Å². The maximum absolute atomic E-state index is 15.6. The van der Waals surface area contributed by atoms with Crippen LogP contribution in [0.5, 0.6) is 5.75 Å². The second kappa shape index (κ2) is 5.48. The molecule has 1 heterocycles. The summed E-state index contributed by atoms with van der Waals surface area (Å²) in [5.74, 6) is 0.482. The third kappa shape index (κ3) is 2.39. The van der Waals surface area contributed by atoms with Gasteiger partial charge in [0, 0.05) is 22.8 Å². The molecule has 126 valence electrons. The van der Waals surface area contributed by atoms with Crippen molar-refractivity contribution in [2.75, 3.05) is 7.11 Å². The maximum atomic E-state index is 15.6. The van der Waals surface area contributed by atoms with Crippen LogP contribution in [0.4, 0.5) is 4.39 Å². The minimum atomic E-state index is -1.88. The van der Waals surface area contributed by atoms with Crippen molar-refractivity contribution in [2.24, 2.45) is 0 Å². The zero-order valence-electron chi connectivity index (χ0n) is 13.5. The van der Waals surface area contributed by atoms with Crippen molar-refractivity contribution in [3.8, 4) is 5.75 Å². The summed E-state index contributed by atoms with van der Waals surface area (Å²) in [6, 6.07) is 9.95. The molecule has 0 fully saturated rings. The van der Waals surface area contributed by atoms with Gasteiger partial charge in [-0.05, 0) is 36.4 Å². The Morgan fingerprint density at radius 1 is 1.24 bits per heavy atom. The monoisotopic (exact) mass is 338 g/mol. The summed E-state index contributed by atoms with van der Waals surface area (Å²) in [4.78, 5) is 12.3. The van der Waals surface area contributed by atoms with E-state index in [0.29, 0.717) is 33.1 Å². The largest absolute Gasteiger partial charge is 0.512 e. The lowest BCUT2D eigenvalue weighted by Crippen LogP contribution is -2.20. The molecule has 3 aromatic rings. The summed E-state index contributed by atoms with van der Waals surface area (Å²) >= 11 is 0. The fraction of sp³-hybridized carbons (Fsp3) is 0.150. The summed E-state index contributed by atoms with van der Waals surface area (Å²) in [6.07, 6.45) is 4.19. The Hall–Kier alpha value is -3.08. The highest BCUT2D eigenvalue weighted by Gasteiger charge is 2.34. The van der Waals surface area contributed by atoms with Crippen molar-refractivity contribution in [2.45, 2.75) is 12.1 Å². The zero-order chi connectivity index (χ0) is 17.6. The summed E-state index contributed by atoms with van der Waals surface area (Å²) in [5.41, 5.74) is -1.74. The summed E-state index contributed by atoms with van der Waals surface area (Å²) in [5, 5.41) is 11.2. The lowest BCUT2D eigenvalue weighted by atomic mass is 9.85. The van der Waals surface area contributed by atoms with Gasteiger partial charge in [0.2, 0.25) is 0 Å². The molecule has 1 aliphatic rings. The number of aliphatic hydroxyl groups excluding tert-OH is 1. The van der Waals surface area contributed by atoms with E-state index in [-0.39, 0.29) is 12.2 Å². The number of fused-ring (bicyclic) bond motifs is 3. The van der Waals surface area contributed by atoms with Gasteiger partial charge in [0.25, 0.3) is 0 Å². The summed E-state index contributed by atoms with van der Waals surface area (Å²) < 4.78 is 26.2. The molecule has 5 heteroatoms. The predicted octanol–water partition coefficient (Wildman–Crippen LogP) is 4.52. The number of alkyl halides is 1. The lowest BCUT2D eigenvalue weighted by Gasteiger charge is -2.25. The number of rotatable bonds is 2. The highest BCUT2D eigenvalue weighted by atomic mass is 19.1. The smallest absolute Gasteiger partial charge is 0.344 e. The van der Waals surface area contributed by atoms with Crippen LogP contribution < -0.4 is 10.4 Å². The zero-order valence-corrected chi connectivity index (χ0v) is 13.5. The van der Waals surface area contributed by atoms with Gasteiger partial charge in [0.1, 0.15) is 11.3 Å². The van der Waals surface area contributed by atoms with Gasteiger partial charge >= 0.3 is 5.63 Å². The van der Waals surface area contributed by atoms with Crippen molar-refractivity contribution in [1.29, 1.82) is 0 Å². The van der Waals surface area contributed by atoms with E-state index in [1.54, 1.807) is 36.4 Å². The quantitative estimate of drug-likeness (QED) is 0.551. The lowest BCUT2D eigenvalue weighted by molar-refractivity contribution is 0.200. The number of ether oxygens (including phenoxy) is 1. The molecule has 0 radical (unpaired) electrons. The Balaban J connectivity index is 2.10. The molecule has 4 nitrogen and oxygen atoms in total. The van der Waals surface area contributed by atoms with E-state index >= 15 is 4.39 Å². The van der Waals surface area contributed by atoms with Crippen LogP contribution in [-0.2, 0) is 5.67 Å². The summed E-state index contributed by atoms with van der Waals surface area (Å²) in [6.45, 7) is 0. The molecule has 0 amide bonds. The van der Waals surface area contributed by atoms with Gasteiger partial charge in [0.15, 0.2) is 5.67 Å². The molecule has 0 saturated heterocycles. The van der Waals surface area contributed by atoms with E-state index in [4.69, 9.17) is 9.15 Å². The van der Waals surface area contributed by atoms with Gasteiger partial charge in [-0.25, -0.2) is 9.18 Å². The second-order valence-electron chi connectivity index (χ2n) is 6.04. The van der Waals surface area contributed by atoms with E-state index in [9.17, 15) is 9.90 Å². The molecule has 0 spiro atoms. The van der Waals surface area contributed by atoms with Crippen molar-refractivity contribution in [3.63, 3.8) is 0 Å². The first-order valence-corrected chi connectivity index (χ1v) is 7.82. The number of hydrogen-bond acceptors (Lipinski definition) is 4. The van der Waals surface area contributed by atoms with Crippen LogP contribution >= 0.6 is 0 Å². The Morgan fingerprint density at radius 2 is 2.08 bits per heavy atom. The standard InChI is InChI=1S/C20H15FO4/c1-24-13-7-8-14-15(10-13)19(23)25-17-6-2-5-16(18(14)17)20(21)9-3-4-12(22)11-20/h2-10,22H,11H2,1H3. The third-order valence-electron chi connectivity index (χ3n) is 4.48. The average molecular weight is 338 g/mol. The van der Waals surface area contributed by atoms with Crippen LogP contribution in [0.3, 0.4) is 0 Å². The first kappa shape index (κ1) is 15.4. The molecule has 25 heavy (non-hydrogen) atoms. The van der Waals surface area contributed by atoms with Crippen molar-refractivity contribution < 1.29 is 18.7 Å². The predicted molar refractivity (Wildman–Crippen MR) is 93.8 cm³/mol. The average Bonchev–Trinajstić information content (AvgIpc) is 2.60. The van der Waals surface area contributed by atoms with Gasteiger partial charge in [-0.1, -0.05) is 18.2 Å². The Bertz CT molecular complexity index is 1110. The van der Waals surface area contributed by atoms with E-state index < -0.39 is 11.3 Å². The van der Waals surface area contributed by atoms with Gasteiger partial charge in [-0.3, -0.25) is 0 Å². The van der Waals surface area contributed by atoms with Crippen LogP contribution in [0.2, 0.25) is 0 Å². The van der Waals surface area contributed by atoms with Crippen LogP contribution in [-0.4, -0.2) is 12.2 Å². The molecule has 1 aromatic heterocycles. The van der Waals surface area contributed by atoms with Gasteiger partial charge in [0.05, 0.1) is 18.3 Å². The number of methoxy groups -OCH3 is 1. The van der Waals surface area contributed by atoms with Crippen LogP contribution in [0, 0.1) is 0 Å². The molecule has 0 saturated carbocycles. The fourth-order valence-electron chi connectivity index (χ4n) is 3.31. The van der Waals surface area contributed by atoms with E-state index in [2.05, 4.69) is 0 Å². The molecule has 0 aliphatic heterocycles. The Morgan fingerprint density at radius 3 is 2.84 bits per heavy atom. The van der Waals surface area contributed by atoms with Crippen LogP contribution in [0.15, 0.2) is 69.6 Å². The molecule has 1 N–H and O–H groups in total. The molecule has 4 rings (SSSR count). The topological polar surface area (TPSA) is 59.7 Å². The summed E-state index contributed by atoms with van der Waals surface area (Å²) in [7, 11) is 1.51. The number of halogens is 1. The molecular weight excluding hydrogens is 323 g/mol. The highest BCUT2D eigenvalue weighted by molar-refractivity contribution is 6.06. The van der Waals surface area contributed by atoms with E-state index in [1.807, 2.05) is 0 Å². The molecule has 1 unspecified atom stereocenters. The number of aliphatic hydroxyl groups is 1.